The Hall–Kier alpha value is -2.89. The van der Waals surface area contributed by atoms with Gasteiger partial charge in [-0.25, -0.2) is 14.0 Å². The molecular weight excluding hydrogens is 323 g/mol. The van der Waals surface area contributed by atoms with Crippen molar-refractivity contribution in [3.05, 3.63) is 59.9 Å². The molecular formula is C19H21FN2O3. The van der Waals surface area contributed by atoms with E-state index in [2.05, 4.69) is 17.6 Å². The first-order chi connectivity index (χ1) is 12.1. The Morgan fingerprint density at radius 1 is 0.920 bits per heavy atom. The van der Waals surface area contributed by atoms with E-state index in [0.717, 1.165) is 19.3 Å². The minimum Gasteiger partial charge on any atom is -0.462 e. The van der Waals surface area contributed by atoms with Crippen molar-refractivity contribution < 1.29 is 18.7 Å². The predicted molar refractivity (Wildman–Crippen MR) is 95.3 cm³/mol. The number of anilines is 2. The van der Waals surface area contributed by atoms with Crippen LogP contribution >= 0.6 is 0 Å². The van der Waals surface area contributed by atoms with Crippen molar-refractivity contribution in [2.75, 3.05) is 17.2 Å². The first-order valence-corrected chi connectivity index (χ1v) is 8.19. The van der Waals surface area contributed by atoms with Gasteiger partial charge in [0.25, 0.3) is 0 Å². The summed E-state index contributed by atoms with van der Waals surface area (Å²) in [6.45, 7) is 2.49. The highest BCUT2D eigenvalue weighted by Crippen LogP contribution is 2.13. The zero-order valence-electron chi connectivity index (χ0n) is 14.0. The molecule has 0 atom stereocenters. The number of amides is 2. The van der Waals surface area contributed by atoms with Crippen molar-refractivity contribution >= 4 is 23.4 Å². The first kappa shape index (κ1) is 18.4. The maximum absolute atomic E-state index is 12.8. The van der Waals surface area contributed by atoms with Gasteiger partial charge in [0.2, 0.25) is 0 Å². The second kappa shape index (κ2) is 9.42. The smallest absolute Gasteiger partial charge is 0.338 e. The molecule has 2 N–H and O–H groups in total. The Kier molecular flexibility index (Phi) is 6.95. The highest BCUT2D eigenvalue weighted by molar-refractivity contribution is 6.00. The minimum absolute atomic E-state index is 0.372. The van der Waals surface area contributed by atoms with Gasteiger partial charge in [0.15, 0.2) is 0 Å². The Morgan fingerprint density at radius 3 is 2.04 bits per heavy atom. The normalized spacial score (nSPS) is 10.2. The van der Waals surface area contributed by atoms with Crippen LogP contribution in [0.4, 0.5) is 20.6 Å². The van der Waals surface area contributed by atoms with E-state index in [1.54, 1.807) is 24.3 Å². The second-order valence-corrected chi connectivity index (χ2v) is 5.51. The van der Waals surface area contributed by atoms with E-state index < -0.39 is 6.03 Å². The number of urea groups is 1. The van der Waals surface area contributed by atoms with Gasteiger partial charge in [0.1, 0.15) is 5.82 Å². The molecule has 132 valence electrons. The lowest BCUT2D eigenvalue weighted by Crippen LogP contribution is -2.19. The Bertz CT molecular complexity index is 700. The molecule has 0 aliphatic rings. The number of esters is 1. The SMILES string of the molecule is CCCCCOC(=O)c1ccc(NC(=O)Nc2ccc(F)cc2)cc1. The van der Waals surface area contributed by atoms with Gasteiger partial charge in [-0.15, -0.1) is 0 Å². The third kappa shape index (κ3) is 6.25. The van der Waals surface area contributed by atoms with Gasteiger partial charge >= 0.3 is 12.0 Å². The van der Waals surface area contributed by atoms with Gasteiger partial charge in [-0.2, -0.15) is 0 Å². The molecule has 0 radical (unpaired) electrons. The van der Waals surface area contributed by atoms with E-state index in [9.17, 15) is 14.0 Å². The number of benzene rings is 2. The number of ether oxygens (including phenoxy) is 1. The average Bonchev–Trinajstić information content (AvgIpc) is 2.61. The summed E-state index contributed by atoms with van der Waals surface area (Å²) < 4.78 is 18.0. The van der Waals surface area contributed by atoms with Gasteiger partial charge in [0.05, 0.1) is 12.2 Å². The molecule has 0 aliphatic carbocycles. The highest BCUT2D eigenvalue weighted by atomic mass is 19.1. The summed E-state index contributed by atoms with van der Waals surface area (Å²) in [5, 5.41) is 5.22. The van der Waals surface area contributed by atoms with Gasteiger partial charge in [-0.1, -0.05) is 19.8 Å². The third-order valence-corrected chi connectivity index (χ3v) is 3.46. The first-order valence-electron chi connectivity index (χ1n) is 8.19. The third-order valence-electron chi connectivity index (χ3n) is 3.46. The Balaban J connectivity index is 1.83. The molecule has 25 heavy (non-hydrogen) atoms. The molecule has 0 fully saturated rings. The van der Waals surface area contributed by atoms with Crippen molar-refractivity contribution in [2.24, 2.45) is 0 Å². The van der Waals surface area contributed by atoms with Crippen LogP contribution in [0.1, 0.15) is 36.5 Å². The summed E-state index contributed by atoms with van der Waals surface area (Å²) >= 11 is 0. The number of nitrogens with one attached hydrogen (secondary N) is 2. The van der Waals surface area contributed by atoms with Gasteiger partial charge in [0, 0.05) is 11.4 Å². The molecule has 0 spiro atoms. The van der Waals surface area contributed by atoms with E-state index in [-0.39, 0.29) is 11.8 Å². The predicted octanol–water partition coefficient (Wildman–Crippen LogP) is 4.82. The van der Waals surface area contributed by atoms with Crippen molar-refractivity contribution in [3.8, 4) is 0 Å². The summed E-state index contributed by atoms with van der Waals surface area (Å²) in [5.74, 6) is -0.749. The number of carbonyl (C=O) groups excluding carboxylic acids is 2. The van der Waals surface area contributed by atoms with Crippen LogP contribution in [0.3, 0.4) is 0 Å². The van der Waals surface area contributed by atoms with Gasteiger partial charge in [-0.05, 0) is 55.0 Å². The van der Waals surface area contributed by atoms with E-state index >= 15 is 0 Å². The van der Waals surface area contributed by atoms with Crippen molar-refractivity contribution in [3.63, 3.8) is 0 Å². The molecule has 0 aromatic heterocycles. The average molecular weight is 344 g/mol. The molecule has 6 heteroatoms. The number of hydrogen-bond acceptors (Lipinski definition) is 3. The fourth-order valence-corrected chi connectivity index (χ4v) is 2.12. The zero-order chi connectivity index (χ0) is 18.1. The topological polar surface area (TPSA) is 67.4 Å². The summed E-state index contributed by atoms with van der Waals surface area (Å²) in [4.78, 5) is 23.7. The maximum atomic E-state index is 12.8. The second-order valence-electron chi connectivity index (χ2n) is 5.51. The summed E-state index contributed by atoms with van der Waals surface area (Å²) in [5.41, 5.74) is 1.44. The van der Waals surface area contributed by atoms with Gasteiger partial charge in [-0.3, -0.25) is 0 Å². The molecule has 2 aromatic rings. The summed E-state index contributed by atoms with van der Waals surface area (Å²) in [6, 6.07) is 11.4. The van der Waals surface area contributed by atoms with E-state index in [4.69, 9.17) is 4.74 Å². The van der Waals surface area contributed by atoms with E-state index in [1.165, 1.54) is 24.3 Å². The number of halogens is 1. The fourth-order valence-electron chi connectivity index (χ4n) is 2.12. The zero-order valence-corrected chi connectivity index (χ0v) is 14.0. The fraction of sp³-hybridized carbons (Fsp3) is 0.263. The molecule has 2 rings (SSSR count). The van der Waals surface area contributed by atoms with Crippen molar-refractivity contribution in [1.29, 1.82) is 0 Å². The number of rotatable bonds is 7. The van der Waals surface area contributed by atoms with E-state index in [0.29, 0.717) is 23.5 Å². The molecule has 2 aromatic carbocycles. The van der Waals surface area contributed by atoms with Crippen LogP contribution in [0, 0.1) is 5.82 Å². The van der Waals surface area contributed by atoms with Crippen molar-refractivity contribution in [1.82, 2.24) is 0 Å². The molecule has 0 heterocycles. The number of unbranched alkanes of at least 4 members (excludes halogenated alkanes) is 2. The number of hydrogen-bond donors (Lipinski definition) is 2. The van der Waals surface area contributed by atoms with Crippen LogP contribution in [0.2, 0.25) is 0 Å². The number of carbonyl (C=O) groups is 2. The maximum Gasteiger partial charge on any atom is 0.338 e. The quantitative estimate of drug-likeness (QED) is 0.559. The van der Waals surface area contributed by atoms with Crippen LogP contribution in [0.5, 0.6) is 0 Å². The molecule has 5 nitrogen and oxygen atoms in total. The summed E-state index contributed by atoms with van der Waals surface area (Å²) in [6.07, 6.45) is 2.95. The van der Waals surface area contributed by atoms with Crippen LogP contribution < -0.4 is 10.6 Å². The largest absolute Gasteiger partial charge is 0.462 e. The van der Waals surface area contributed by atoms with E-state index in [1.807, 2.05) is 0 Å². The molecule has 2 amide bonds. The van der Waals surface area contributed by atoms with Crippen LogP contribution in [0.25, 0.3) is 0 Å². The molecule has 0 aliphatic heterocycles. The lowest BCUT2D eigenvalue weighted by atomic mass is 10.2. The van der Waals surface area contributed by atoms with Gasteiger partial charge < -0.3 is 15.4 Å². The lowest BCUT2D eigenvalue weighted by molar-refractivity contribution is 0.0498. The summed E-state index contributed by atoms with van der Waals surface area (Å²) in [7, 11) is 0. The monoisotopic (exact) mass is 344 g/mol. The molecule has 0 bridgehead atoms. The minimum atomic E-state index is -0.457. The highest BCUT2D eigenvalue weighted by Gasteiger charge is 2.08. The Labute approximate surface area is 146 Å². The van der Waals surface area contributed by atoms with Crippen molar-refractivity contribution in [2.45, 2.75) is 26.2 Å². The molecule has 0 unspecified atom stereocenters. The standard InChI is InChI=1S/C19H21FN2O3/c1-2-3-4-13-25-18(23)14-5-9-16(10-6-14)21-19(24)22-17-11-7-15(20)8-12-17/h5-12H,2-4,13H2,1H3,(H2,21,22,24). The van der Waals surface area contributed by atoms with Crippen LogP contribution in [-0.2, 0) is 4.74 Å². The Morgan fingerprint density at radius 2 is 1.48 bits per heavy atom. The molecule has 0 saturated carbocycles. The molecule has 0 saturated heterocycles. The lowest BCUT2D eigenvalue weighted by Gasteiger charge is -2.08. The van der Waals surface area contributed by atoms with Crippen LogP contribution in [0.15, 0.2) is 48.5 Å². The van der Waals surface area contributed by atoms with Crippen LogP contribution in [-0.4, -0.2) is 18.6 Å².